The Morgan fingerprint density at radius 1 is 0.516 bits per heavy atom. The van der Waals surface area contributed by atoms with Crippen molar-refractivity contribution in [2.45, 2.75) is 24.6 Å². The predicted octanol–water partition coefficient (Wildman–Crippen LogP) is 12.7. The van der Waals surface area contributed by atoms with Crippen LogP contribution in [0.3, 0.4) is 0 Å². The Kier molecular flexibility index (Phi) is 22.9. The molecule has 4 saturated heterocycles. The molecule has 12 rings (SSSR count). The van der Waals surface area contributed by atoms with E-state index in [-0.39, 0.29) is 28.9 Å². The molecule has 4 N–H and O–H groups in total. The lowest BCUT2D eigenvalue weighted by molar-refractivity contribution is -0.387. The third-order valence-corrected chi connectivity index (χ3v) is 18.9. The lowest BCUT2D eigenvalue weighted by Gasteiger charge is -2.28. The van der Waals surface area contributed by atoms with E-state index in [2.05, 4.69) is 30.9 Å². The molecule has 36 heteroatoms. The minimum Gasteiger partial charge on any atom is -0.508 e. The topological polar surface area (TPSA) is 280 Å². The fourth-order valence-electron chi connectivity index (χ4n) is 8.02. The number of phenols is 2. The van der Waals surface area contributed by atoms with Crippen LogP contribution in [0.5, 0.6) is 23.0 Å². The van der Waals surface area contributed by atoms with Crippen LogP contribution in [0.1, 0.15) is 23.3 Å². The molecule has 0 spiro atoms. The first-order valence-electron chi connectivity index (χ1n) is 27.1. The van der Waals surface area contributed by atoms with Crippen molar-refractivity contribution >= 4 is 55.2 Å². The van der Waals surface area contributed by atoms with E-state index in [1.165, 1.54) is 85.5 Å². The van der Waals surface area contributed by atoms with Crippen LogP contribution in [0.2, 0.25) is 0 Å². The Labute approximate surface area is 529 Å². The number of benzene rings is 5. The maximum absolute atomic E-state index is 14.1. The van der Waals surface area contributed by atoms with Crippen LogP contribution in [0, 0.1) is 43.5 Å². The Morgan fingerprint density at radius 2 is 0.892 bits per heavy atom. The number of phenolic OH excluding ortho intramolecular Hbond substituents is 2. The normalized spacial score (nSPS) is 15.2. The molecule has 0 bridgehead atoms. The van der Waals surface area contributed by atoms with Gasteiger partial charge in [0.15, 0.2) is 12.2 Å². The number of rotatable bonds is 17. The summed E-state index contributed by atoms with van der Waals surface area (Å²) in [6, 6.07) is 31.3. The van der Waals surface area contributed by atoms with Crippen LogP contribution in [0.4, 0.5) is 55.3 Å². The summed E-state index contributed by atoms with van der Waals surface area (Å²) in [6.07, 6.45) is -11.8. The summed E-state index contributed by atoms with van der Waals surface area (Å²) in [5.74, 6) is -2.60. The van der Waals surface area contributed by atoms with E-state index in [1.54, 1.807) is 48.5 Å². The molecular weight excluding hydrogens is 1360 g/mol. The van der Waals surface area contributed by atoms with Crippen molar-refractivity contribution in [1.82, 2.24) is 33.6 Å². The number of nitrogens with zero attached hydrogens (tertiary/aromatic N) is 9. The van der Waals surface area contributed by atoms with Gasteiger partial charge in [-0.25, -0.2) is 36.8 Å². The van der Waals surface area contributed by atoms with Crippen LogP contribution >= 0.6 is 31.3 Å². The number of pyridine rings is 3. The lowest BCUT2D eigenvalue weighted by Crippen LogP contribution is -2.29. The molecule has 93 heavy (non-hydrogen) atoms. The predicted molar refractivity (Wildman–Crippen MR) is 318 cm³/mol. The fourth-order valence-corrected chi connectivity index (χ4v) is 12.9. The molecule has 7 heterocycles. The first-order chi connectivity index (χ1) is 43.9. The summed E-state index contributed by atoms with van der Waals surface area (Å²) in [5.41, 5.74) is 0.315. The fraction of sp³-hybridized carbons (Fsp3) is 0.211. The number of halogens is 11. The summed E-state index contributed by atoms with van der Waals surface area (Å²) in [4.78, 5) is 31.8. The molecule has 5 aromatic carbocycles. The van der Waals surface area contributed by atoms with Crippen molar-refractivity contribution in [3.8, 4) is 45.5 Å². The first-order valence-corrected chi connectivity index (χ1v) is 30.9. The van der Waals surface area contributed by atoms with E-state index >= 15 is 0 Å². The van der Waals surface area contributed by atoms with Gasteiger partial charge in [0.25, 0.3) is 0 Å². The van der Waals surface area contributed by atoms with Gasteiger partial charge in [0.05, 0.1) is 39.8 Å². The van der Waals surface area contributed by atoms with Crippen LogP contribution in [-0.2, 0) is 18.2 Å². The minimum atomic E-state index is -4.95. The van der Waals surface area contributed by atoms with Crippen LogP contribution in [0.15, 0.2) is 169 Å². The summed E-state index contributed by atoms with van der Waals surface area (Å²) < 4.78 is 181. The second-order valence-corrected chi connectivity index (χ2v) is 25.4. The Morgan fingerprint density at radius 3 is 1.23 bits per heavy atom. The highest BCUT2D eigenvalue weighted by Crippen LogP contribution is 2.66. The van der Waals surface area contributed by atoms with Gasteiger partial charge in [0, 0.05) is 75.6 Å². The molecule has 4 aliphatic heterocycles. The van der Waals surface area contributed by atoms with Crippen molar-refractivity contribution < 1.29 is 96.9 Å². The van der Waals surface area contributed by atoms with E-state index in [0.29, 0.717) is 91.5 Å². The molecule has 2 atom stereocenters. The number of aromatic hydroxyl groups is 2. The van der Waals surface area contributed by atoms with E-state index in [1.807, 2.05) is 0 Å². The van der Waals surface area contributed by atoms with E-state index in [9.17, 15) is 73.3 Å². The molecule has 0 radical (unpaired) electrons. The molecule has 3 aromatic heterocycles. The maximum atomic E-state index is 14.1. The standard InChI is InChI=1S/C23H19F4N4O5P.C12H12F4N3O4P.C11H8FNO.C6H7BO3.C5H3BrFN/c24-17-4-7-19(28-14-17)15-1-5-18(6-2-15)35-21-13-16(3-8-20(21)31(32)33)22(23(25,26)27)36-37(34,29-9-10-29)30-11-12-30;13-9-7-8(1-2-10(9)19(20)21)11(12(14,15)16)23-24(22,17-3-4-17)18-5-6-18;12-9-3-6-11(13-7-9)8-1-4-10(14)5-2-8;8-6-3-1-5(2-4-6)7(9)10;6-5-2-1-4(7)3-8-5/h1-8,13-14,22H,9-12H2;1-2,7,11H,3-6H2;1-7,14H;1-4,8-10H;1-3H. The molecule has 22 nitrogen and oxygen atoms in total. The second kappa shape index (κ2) is 30.2. The summed E-state index contributed by atoms with van der Waals surface area (Å²) >= 11 is 3.07. The molecule has 0 amide bonds. The van der Waals surface area contributed by atoms with Crippen molar-refractivity contribution in [2.24, 2.45) is 0 Å². The number of nitro groups is 2. The highest BCUT2D eigenvalue weighted by molar-refractivity contribution is 9.10. The Balaban J connectivity index is 0.000000168. The quantitative estimate of drug-likeness (QED) is 0.0125. The number of hydrogen-bond donors (Lipinski definition) is 4. The highest BCUT2D eigenvalue weighted by Gasteiger charge is 2.57. The van der Waals surface area contributed by atoms with Gasteiger partial charge < -0.3 is 25.0 Å². The number of alkyl halides is 6. The summed E-state index contributed by atoms with van der Waals surface area (Å²) in [5, 5.41) is 57.2. The van der Waals surface area contributed by atoms with E-state index < -0.39 is 96.8 Å². The number of nitro benzene ring substituents is 2. The smallest absolute Gasteiger partial charge is 0.488 e. The molecular formula is C57H49BBrF10N9O13P2. The molecule has 2 unspecified atom stereocenters. The van der Waals surface area contributed by atoms with Gasteiger partial charge in [0.2, 0.25) is 11.6 Å². The molecule has 0 aliphatic carbocycles. The molecule has 8 aromatic rings. The van der Waals surface area contributed by atoms with Crippen molar-refractivity contribution in [1.29, 1.82) is 0 Å². The van der Waals surface area contributed by atoms with Gasteiger partial charge in [0.1, 0.15) is 39.3 Å². The van der Waals surface area contributed by atoms with Gasteiger partial charge >= 0.3 is 46.2 Å². The number of hydrogen-bond acceptors (Lipinski definition) is 16. The Hall–Kier alpha value is -8.27. The summed E-state index contributed by atoms with van der Waals surface area (Å²) in [7, 11) is -9.14. The monoisotopic (exact) mass is 1410 g/mol. The van der Waals surface area contributed by atoms with Crippen molar-refractivity contribution in [3.05, 3.63) is 223 Å². The average molecular weight is 1410 g/mol. The molecule has 490 valence electrons. The van der Waals surface area contributed by atoms with E-state index in [4.69, 9.17) is 34.0 Å². The zero-order valence-corrected chi connectivity index (χ0v) is 50.9. The average Bonchev–Trinajstić information content (AvgIpc) is 1.61. The first kappa shape index (κ1) is 70.6. The zero-order valence-electron chi connectivity index (χ0n) is 47.5. The highest BCUT2D eigenvalue weighted by atomic mass is 79.9. The van der Waals surface area contributed by atoms with Gasteiger partial charge in [-0.1, -0.05) is 12.1 Å². The lowest BCUT2D eigenvalue weighted by atomic mass is 9.80. The molecule has 4 aliphatic rings. The number of ether oxygens (including phenoxy) is 1. The number of aromatic nitrogens is 3. The van der Waals surface area contributed by atoms with Gasteiger partial charge in [-0.2, -0.15) is 30.7 Å². The third-order valence-electron chi connectivity index (χ3n) is 13.0. The van der Waals surface area contributed by atoms with Crippen molar-refractivity contribution in [2.75, 3.05) is 52.4 Å². The molecule has 0 saturated carbocycles. The SMILES string of the molecule is Fc1ccc(Br)nc1.O=[N+]([O-])c1ccc(C(OP(=O)(N2CC2)N2CC2)C(F)(F)F)cc1F.O=[N+]([O-])c1ccc(C(OP(=O)(N2CC2)N2CC2)C(F)(F)F)cc1Oc1ccc(-c2ccc(F)cn2)cc1.OB(O)c1ccc(O)cc1.Oc1ccc(-c2ccc(F)cn2)cc1. The molecule has 4 fully saturated rings. The van der Waals surface area contributed by atoms with Crippen molar-refractivity contribution in [3.63, 3.8) is 0 Å². The van der Waals surface area contributed by atoms with Gasteiger partial charge in [-0.15, -0.1) is 0 Å². The van der Waals surface area contributed by atoms with Crippen LogP contribution in [0.25, 0.3) is 22.5 Å². The van der Waals surface area contributed by atoms with Crippen LogP contribution in [-0.4, -0.2) is 136 Å². The Bertz CT molecular complexity index is 3870. The largest absolute Gasteiger partial charge is 0.508 e. The summed E-state index contributed by atoms with van der Waals surface area (Å²) in [6.45, 7) is 2.85. The maximum Gasteiger partial charge on any atom is 0.488 e. The second-order valence-electron chi connectivity index (χ2n) is 20.0. The minimum absolute atomic E-state index is 0.106. The van der Waals surface area contributed by atoms with E-state index in [0.717, 1.165) is 42.2 Å². The zero-order chi connectivity index (χ0) is 67.6. The van der Waals surface area contributed by atoms with Gasteiger partial charge in [-0.3, -0.25) is 48.4 Å². The van der Waals surface area contributed by atoms with Gasteiger partial charge in [-0.05, 0) is 154 Å². The third kappa shape index (κ3) is 19.9. The van der Waals surface area contributed by atoms with Crippen LogP contribution < -0.4 is 10.2 Å².